The molecule has 2 rings (SSSR count). The van der Waals surface area contributed by atoms with E-state index >= 15 is 0 Å². The van der Waals surface area contributed by atoms with Gasteiger partial charge in [-0.3, -0.25) is 0 Å². The molecule has 80 valence electrons. The molecule has 0 aliphatic rings. The average Bonchev–Trinajstić information content (AvgIpc) is 2.84. The van der Waals surface area contributed by atoms with Gasteiger partial charge in [0.15, 0.2) is 10.4 Å². The minimum Gasteiger partial charge on any atom is -0.448 e. The van der Waals surface area contributed by atoms with Crippen molar-refractivity contribution in [2.45, 2.75) is 12.8 Å². The van der Waals surface area contributed by atoms with Crippen molar-refractivity contribution in [2.24, 2.45) is 5.73 Å². The summed E-state index contributed by atoms with van der Waals surface area (Å²) in [4.78, 5) is 4.49. The third kappa shape index (κ3) is 2.30. The van der Waals surface area contributed by atoms with Crippen LogP contribution in [0.5, 0.6) is 0 Å². The lowest BCUT2D eigenvalue weighted by atomic mass is 10.2. The van der Waals surface area contributed by atoms with Gasteiger partial charge in [-0.1, -0.05) is 6.92 Å². The predicted molar refractivity (Wildman–Crippen MR) is 65.0 cm³/mol. The maximum atomic E-state index is 5.59. The monoisotopic (exact) mass is 286 g/mol. The molecular formula is C10H11BrN2OS. The van der Waals surface area contributed by atoms with Crippen LogP contribution in [0.1, 0.15) is 17.8 Å². The molecule has 5 heteroatoms. The maximum absolute atomic E-state index is 5.59. The molecule has 0 spiro atoms. The second-order valence-corrected chi connectivity index (χ2v) is 4.98. The van der Waals surface area contributed by atoms with E-state index in [2.05, 4.69) is 27.8 Å². The van der Waals surface area contributed by atoms with E-state index in [4.69, 9.17) is 10.2 Å². The third-order valence-corrected chi connectivity index (χ3v) is 3.63. The highest BCUT2D eigenvalue weighted by atomic mass is 79.9. The number of aromatic nitrogens is 1. The standard InChI is InChI=1S/C10H11BrN2OS/c1-6(4-12)10-13-7(5-15-10)8-2-3-9(11)14-8/h2-3,5-6H,4,12H2,1H3. The normalized spacial score (nSPS) is 13.0. The molecule has 2 N–H and O–H groups in total. The number of halogens is 1. The van der Waals surface area contributed by atoms with E-state index in [-0.39, 0.29) is 0 Å². The number of thiazole rings is 1. The van der Waals surface area contributed by atoms with Crippen molar-refractivity contribution in [1.29, 1.82) is 0 Å². The quantitative estimate of drug-likeness (QED) is 0.943. The second-order valence-electron chi connectivity index (χ2n) is 3.31. The van der Waals surface area contributed by atoms with Crippen molar-refractivity contribution in [3.8, 4) is 11.5 Å². The van der Waals surface area contributed by atoms with E-state index in [1.54, 1.807) is 11.3 Å². The fraction of sp³-hybridized carbons (Fsp3) is 0.300. The molecule has 0 aliphatic carbocycles. The zero-order chi connectivity index (χ0) is 10.8. The maximum Gasteiger partial charge on any atom is 0.169 e. The van der Waals surface area contributed by atoms with Crippen LogP contribution < -0.4 is 5.73 Å². The fourth-order valence-corrected chi connectivity index (χ4v) is 2.37. The largest absolute Gasteiger partial charge is 0.448 e. The van der Waals surface area contributed by atoms with Crippen LogP contribution in [0.2, 0.25) is 0 Å². The molecule has 2 aromatic rings. The lowest BCUT2D eigenvalue weighted by molar-refractivity contribution is 0.554. The van der Waals surface area contributed by atoms with Crippen molar-refractivity contribution in [2.75, 3.05) is 6.54 Å². The second kappa shape index (κ2) is 4.47. The Hall–Kier alpha value is -0.650. The van der Waals surface area contributed by atoms with Gasteiger partial charge < -0.3 is 10.2 Å². The van der Waals surface area contributed by atoms with Gasteiger partial charge in [-0.2, -0.15) is 0 Å². The van der Waals surface area contributed by atoms with Crippen LogP contribution in [0.3, 0.4) is 0 Å². The first kappa shape index (κ1) is 10.9. The Kier molecular flexibility index (Phi) is 3.23. The highest BCUT2D eigenvalue weighted by molar-refractivity contribution is 9.10. The fourth-order valence-electron chi connectivity index (χ4n) is 1.18. The van der Waals surface area contributed by atoms with Gasteiger partial charge in [-0.05, 0) is 28.1 Å². The van der Waals surface area contributed by atoms with Crippen LogP contribution in [0.25, 0.3) is 11.5 Å². The van der Waals surface area contributed by atoms with Crippen LogP contribution in [0.15, 0.2) is 26.6 Å². The van der Waals surface area contributed by atoms with E-state index in [9.17, 15) is 0 Å². The van der Waals surface area contributed by atoms with E-state index in [1.807, 2.05) is 17.5 Å². The van der Waals surface area contributed by atoms with Gasteiger partial charge in [-0.25, -0.2) is 4.98 Å². The number of nitrogens with two attached hydrogens (primary N) is 1. The molecule has 3 nitrogen and oxygen atoms in total. The Balaban J connectivity index is 2.27. The van der Waals surface area contributed by atoms with Crippen LogP contribution in [0.4, 0.5) is 0 Å². The molecule has 0 fully saturated rings. The Bertz CT molecular complexity index is 452. The average molecular weight is 287 g/mol. The van der Waals surface area contributed by atoms with Gasteiger partial charge in [0.2, 0.25) is 0 Å². The number of hydrogen-bond donors (Lipinski definition) is 1. The minimum atomic E-state index is 0.308. The van der Waals surface area contributed by atoms with Crippen LogP contribution in [-0.2, 0) is 0 Å². The van der Waals surface area contributed by atoms with Gasteiger partial charge in [0.1, 0.15) is 5.69 Å². The van der Waals surface area contributed by atoms with Crippen molar-refractivity contribution in [3.63, 3.8) is 0 Å². The highest BCUT2D eigenvalue weighted by Crippen LogP contribution is 2.28. The first-order chi connectivity index (χ1) is 7.20. The van der Waals surface area contributed by atoms with E-state index in [0.717, 1.165) is 21.1 Å². The molecule has 0 aliphatic heterocycles. The molecule has 15 heavy (non-hydrogen) atoms. The van der Waals surface area contributed by atoms with Gasteiger partial charge in [0.05, 0.1) is 5.01 Å². The Morgan fingerprint density at radius 3 is 3.00 bits per heavy atom. The van der Waals surface area contributed by atoms with Crippen molar-refractivity contribution in [3.05, 3.63) is 27.2 Å². The number of furan rings is 1. The van der Waals surface area contributed by atoms with Crippen molar-refractivity contribution < 1.29 is 4.42 Å². The summed E-state index contributed by atoms with van der Waals surface area (Å²) in [7, 11) is 0. The zero-order valence-corrected chi connectivity index (χ0v) is 10.6. The molecule has 0 saturated carbocycles. The van der Waals surface area contributed by atoms with Gasteiger partial charge in [0.25, 0.3) is 0 Å². The Morgan fingerprint density at radius 1 is 1.60 bits per heavy atom. The minimum absolute atomic E-state index is 0.308. The molecular weight excluding hydrogens is 276 g/mol. The summed E-state index contributed by atoms with van der Waals surface area (Å²) in [5, 5.41) is 3.05. The summed E-state index contributed by atoms with van der Waals surface area (Å²) in [6, 6.07) is 3.76. The predicted octanol–water partition coefficient (Wildman–Crippen LogP) is 3.23. The zero-order valence-electron chi connectivity index (χ0n) is 8.24. The molecule has 1 unspecified atom stereocenters. The Labute approximate surface area is 100 Å². The highest BCUT2D eigenvalue weighted by Gasteiger charge is 2.11. The van der Waals surface area contributed by atoms with E-state index in [0.29, 0.717) is 12.5 Å². The molecule has 0 aromatic carbocycles. The number of rotatable bonds is 3. The summed E-state index contributed by atoms with van der Waals surface area (Å²) in [6.07, 6.45) is 0. The van der Waals surface area contributed by atoms with Crippen molar-refractivity contribution >= 4 is 27.3 Å². The van der Waals surface area contributed by atoms with E-state index < -0.39 is 0 Å². The van der Waals surface area contributed by atoms with Gasteiger partial charge in [-0.15, -0.1) is 11.3 Å². The lowest BCUT2D eigenvalue weighted by Crippen LogP contribution is -2.08. The summed E-state index contributed by atoms with van der Waals surface area (Å²) < 4.78 is 6.15. The molecule has 0 radical (unpaired) electrons. The molecule has 2 aromatic heterocycles. The summed E-state index contributed by atoms with van der Waals surface area (Å²) >= 11 is 4.89. The summed E-state index contributed by atoms with van der Waals surface area (Å²) in [6.45, 7) is 2.69. The number of hydrogen-bond acceptors (Lipinski definition) is 4. The van der Waals surface area contributed by atoms with Crippen LogP contribution >= 0.6 is 27.3 Å². The first-order valence-electron chi connectivity index (χ1n) is 4.62. The molecule has 0 bridgehead atoms. The third-order valence-electron chi connectivity index (χ3n) is 2.12. The molecule has 1 atom stereocenters. The summed E-state index contributed by atoms with van der Waals surface area (Å²) in [5.74, 6) is 1.09. The lowest BCUT2D eigenvalue weighted by Gasteiger charge is -2.01. The molecule has 2 heterocycles. The smallest absolute Gasteiger partial charge is 0.169 e. The molecule has 0 amide bonds. The summed E-state index contributed by atoms with van der Waals surface area (Å²) in [5.41, 5.74) is 6.47. The van der Waals surface area contributed by atoms with Crippen LogP contribution in [0, 0.1) is 0 Å². The topological polar surface area (TPSA) is 52.0 Å². The first-order valence-corrected chi connectivity index (χ1v) is 6.29. The molecule has 0 saturated heterocycles. The van der Waals surface area contributed by atoms with Gasteiger partial charge >= 0.3 is 0 Å². The van der Waals surface area contributed by atoms with Crippen molar-refractivity contribution in [1.82, 2.24) is 4.98 Å². The van der Waals surface area contributed by atoms with E-state index in [1.165, 1.54) is 0 Å². The Morgan fingerprint density at radius 2 is 2.40 bits per heavy atom. The SMILES string of the molecule is CC(CN)c1nc(-c2ccc(Br)o2)cs1. The van der Waals surface area contributed by atoms with Crippen LogP contribution in [-0.4, -0.2) is 11.5 Å². The van der Waals surface area contributed by atoms with Gasteiger partial charge in [0, 0.05) is 17.8 Å². The number of nitrogens with zero attached hydrogens (tertiary/aromatic N) is 1.